The Labute approximate surface area is 115 Å². The molecule has 1 unspecified atom stereocenters. The molecule has 1 atom stereocenters. The van der Waals surface area contributed by atoms with Crippen LogP contribution >= 0.6 is 0 Å². The topological polar surface area (TPSA) is 54.7 Å². The molecule has 0 amide bonds. The summed E-state index contributed by atoms with van der Waals surface area (Å²) in [6.45, 7) is 3.91. The van der Waals surface area contributed by atoms with Crippen molar-refractivity contribution < 1.29 is 13.2 Å². The number of aromatic amines is 1. The molecule has 108 valence electrons. The van der Waals surface area contributed by atoms with Crippen LogP contribution in [0.3, 0.4) is 0 Å². The Kier molecular flexibility index (Phi) is 3.85. The number of nitrogens with two attached hydrogens (primary N) is 1. The maximum atomic E-state index is 12.7. The van der Waals surface area contributed by atoms with E-state index in [0.717, 1.165) is 12.1 Å². The third-order valence-corrected chi connectivity index (χ3v) is 3.13. The van der Waals surface area contributed by atoms with Gasteiger partial charge in [0.25, 0.3) is 0 Å². The Balaban J connectivity index is 2.33. The van der Waals surface area contributed by atoms with Crippen LogP contribution in [-0.4, -0.2) is 9.97 Å². The fraction of sp³-hybridized carbons (Fsp3) is 0.357. The second-order valence-corrected chi connectivity index (χ2v) is 5.03. The van der Waals surface area contributed by atoms with Gasteiger partial charge >= 0.3 is 6.18 Å². The molecule has 6 heteroatoms. The molecule has 2 rings (SSSR count). The van der Waals surface area contributed by atoms with Crippen LogP contribution in [0.1, 0.15) is 31.3 Å². The largest absolute Gasteiger partial charge is 0.416 e. The van der Waals surface area contributed by atoms with Crippen molar-refractivity contribution >= 4 is 0 Å². The first-order chi connectivity index (χ1) is 9.29. The molecule has 0 fully saturated rings. The van der Waals surface area contributed by atoms with Gasteiger partial charge in [-0.1, -0.05) is 26.0 Å². The predicted molar refractivity (Wildman–Crippen MR) is 70.8 cm³/mol. The van der Waals surface area contributed by atoms with Crippen molar-refractivity contribution in [3.05, 3.63) is 41.9 Å². The Hall–Kier alpha value is -1.82. The van der Waals surface area contributed by atoms with Crippen molar-refractivity contribution in [3.8, 4) is 11.3 Å². The number of aromatic nitrogens is 2. The van der Waals surface area contributed by atoms with E-state index in [1.807, 2.05) is 13.8 Å². The molecule has 0 aliphatic rings. The second-order valence-electron chi connectivity index (χ2n) is 5.03. The summed E-state index contributed by atoms with van der Waals surface area (Å²) in [6, 6.07) is 4.85. The Morgan fingerprint density at radius 3 is 2.55 bits per heavy atom. The van der Waals surface area contributed by atoms with Gasteiger partial charge in [0.2, 0.25) is 0 Å². The Bertz CT molecular complexity index is 587. The summed E-state index contributed by atoms with van der Waals surface area (Å²) in [5, 5.41) is 0. The quantitative estimate of drug-likeness (QED) is 0.901. The van der Waals surface area contributed by atoms with Gasteiger partial charge in [-0.15, -0.1) is 0 Å². The molecule has 1 aromatic heterocycles. The minimum absolute atomic E-state index is 0.190. The molecule has 0 saturated carbocycles. The van der Waals surface area contributed by atoms with Crippen LogP contribution in [0.4, 0.5) is 13.2 Å². The Morgan fingerprint density at radius 1 is 1.25 bits per heavy atom. The van der Waals surface area contributed by atoms with Gasteiger partial charge in [-0.2, -0.15) is 13.2 Å². The van der Waals surface area contributed by atoms with Crippen LogP contribution in [0, 0.1) is 5.92 Å². The number of alkyl halides is 3. The first kappa shape index (κ1) is 14.6. The zero-order chi connectivity index (χ0) is 14.9. The van der Waals surface area contributed by atoms with Gasteiger partial charge < -0.3 is 10.7 Å². The summed E-state index contributed by atoms with van der Waals surface area (Å²) in [7, 11) is 0. The van der Waals surface area contributed by atoms with Crippen molar-refractivity contribution in [2.75, 3.05) is 0 Å². The number of H-pyrrole nitrogens is 1. The maximum absolute atomic E-state index is 12.7. The molecule has 1 aromatic carbocycles. The number of hydrogen-bond donors (Lipinski definition) is 2. The predicted octanol–water partition coefficient (Wildman–Crippen LogP) is 3.75. The van der Waals surface area contributed by atoms with Crippen molar-refractivity contribution in [2.24, 2.45) is 11.7 Å². The lowest BCUT2D eigenvalue weighted by molar-refractivity contribution is -0.137. The highest BCUT2D eigenvalue weighted by molar-refractivity contribution is 5.59. The molecular formula is C14H16F3N3. The fourth-order valence-electron chi connectivity index (χ4n) is 1.83. The number of halogens is 3. The van der Waals surface area contributed by atoms with Crippen LogP contribution in [0.2, 0.25) is 0 Å². The van der Waals surface area contributed by atoms with Gasteiger partial charge in [-0.05, 0) is 18.1 Å². The fourth-order valence-corrected chi connectivity index (χ4v) is 1.83. The number of nitrogens with one attached hydrogen (secondary N) is 1. The SMILES string of the molecule is CC(C)C(N)c1ncc(-c2cccc(C(F)(F)F)c2)[nH]1. The van der Waals surface area contributed by atoms with Crippen LogP contribution in [0.15, 0.2) is 30.5 Å². The number of imidazole rings is 1. The summed E-state index contributed by atoms with van der Waals surface area (Å²) < 4.78 is 38.0. The van der Waals surface area contributed by atoms with Crippen molar-refractivity contribution in [3.63, 3.8) is 0 Å². The van der Waals surface area contributed by atoms with Crippen LogP contribution in [0.25, 0.3) is 11.3 Å². The van der Waals surface area contributed by atoms with Crippen molar-refractivity contribution in [1.29, 1.82) is 0 Å². The summed E-state index contributed by atoms with van der Waals surface area (Å²) in [5.74, 6) is 0.767. The van der Waals surface area contributed by atoms with E-state index in [1.165, 1.54) is 12.3 Å². The molecule has 3 nitrogen and oxygen atoms in total. The molecule has 3 N–H and O–H groups in total. The lowest BCUT2D eigenvalue weighted by Gasteiger charge is -2.12. The number of nitrogens with zero attached hydrogens (tertiary/aromatic N) is 1. The molecular weight excluding hydrogens is 267 g/mol. The smallest absolute Gasteiger partial charge is 0.341 e. The van der Waals surface area contributed by atoms with Crippen LogP contribution in [0.5, 0.6) is 0 Å². The average molecular weight is 283 g/mol. The molecule has 1 heterocycles. The highest BCUT2D eigenvalue weighted by atomic mass is 19.4. The molecule has 0 aliphatic heterocycles. The zero-order valence-electron chi connectivity index (χ0n) is 11.2. The number of benzene rings is 1. The summed E-state index contributed by atoms with van der Waals surface area (Å²) in [5.41, 5.74) is 6.24. The molecule has 2 aromatic rings. The van der Waals surface area contributed by atoms with Crippen molar-refractivity contribution in [1.82, 2.24) is 9.97 Å². The molecule has 20 heavy (non-hydrogen) atoms. The number of hydrogen-bond acceptors (Lipinski definition) is 2. The molecule has 0 spiro atoms. The van der Waals surface area contributed by atoms with Gasteiger partial charge in [0, 0.05) is 5.56 Å². The van der Waals surface area contributed by atoms with Gasteiger partial charge in [0.05, 0.1) is 23.5 Å². The van der Waals surface area contributed by atoms with E-state index < -0.39 is 11.7 Å². The zero-order valence-corrected chi connectivity index (χ0v) is 11.2. The molecule has 0 bridgehead atoms. The third kappa shape index (κ3) is 3.01. The van der Waals surface area contributed by atoms with Crippen LogP contribution < -0.4 is 5.73 Å². The summed E-state index contributed by atoms with van der Waals surface area (Å²) in [4.78, 5) is 7.13. The van der Waals surface area contributed by atoms with E-state index in [-0.39, 0.29) is 12.0 Å². The summed E-state index contributed by atoms with van der Waals surface area (Å²) >= 11 is 0. The Morgan fingerprint density at radius 2 is 1.95 bits per heavy atom. The third-order valence-electron chi connectivity index (χ3n) is 3.13. The van der Waals surface area contributed by atoms with Crippen molar-refractivity contribution in [2.45, 2.75) is 26.1 Å². The van der Waals surface area contributed by atoms with Gasteiger partial charge in [0.15, 0.2) is 0 Å². The monoisotopic (exact) mass is 283 g/mol. The van der Waals surface area contributed by atoms with Crippen LogP contribution in [-0.2, 0) is 6.18 Å². The van der Waals surface area contributed by atoms with E-state index >= 15 is 0 Å². The van der Waals surface area contributed by atoms with Gasteiger partial charge in [-0.25, -0.2) is 4.98 Å². The average Bonchev–Trinajstić information content (AvgIpc) is 2.86. The van der Waals surface area contributed by atoms with E-state index in [4.69, 9.17) is 5.73 Å². The summed E-state index contributed by atoms with van der Waals surface area (Å²) in [6.07, 6.45) is -2.85. The molecule has 0 saturated heterocycles. The lowest BCUT2D eigenvalue weighted by atomic mass is 10.1. The first-order valence-corrected chi connectivity index (χ1v) is 6.27. The normalized spacial score (nSPS) is 13.8. The maximum Gasteiger partial charge on any atom is 0.416 e. The number of rotatable bonds is 3. The first-order valence-electron chi connectivity index (χ1n) is 6.27. The van der Waals surface area contributed by atoms with Gasteiger partial charge in [0.1, 0.15) is 5.82 Å². The standard InChI is InChI=1S/C14H16F3N3/c1-8(2)12(18)13-19-7-11(20-13)9-4-3-5-10(6-9)14(15,16)17/h3-8,12H,18H2,1-2H3,(H,19,20). The highest BCUT2D eigenvalue weighted by Gasteiger charge is 2.30. The molecule has 0 aliphatic carbocycles. The minimum Gasteiger partial charge on any atom is -0.341 e. The van der Waals surface area contributed by atoms with Gasteiger partial charge in [-0.3, -0.25) is 0 Å². The van der Waals surface area contributed by atoms with E-state index in [2.05, 4.69) is 9.97 Å². The van der Waals surface area contributed by atoms with E-state index in [9.17, 15) is 13.2 Å². The van der Waals surface area contributed by atoms with E-state index in [0.29, 0.717) is 17.1 Å². The lowest BCUT2D eigenvalue weighted by Crippen LogP contribution is -2.18. The molecule has 0 radical (unpaired) electrons. The minimum atomic E-state index is -4.35. The second kappa shape index (κ2) is 5.28. The highest BCUT2D eigenvalue weighted by Crippen LogP contribution is 2.32. The van der Waals surface area contributed by atoms with E-state index in [1.54, 1.807) is 6.07 Å².